The maximum atomic E-state index is 4.47. The first-order chi connectivity index (χ1) is 8.84. The van der Waals surface area contributed by atoms with Gasteiger partial charge < -0.3 is 0 Å². The zero-order valence-electron chi connectivity index (χ0n) is 10.0. The summed E-state index contributed by atoms with van der Waals surface area (Å²) < 4.78 is 2.11. The number of aromatic nitrogens is 3. The summed E-state index contributed by atoms with van der Waals surface area (Å²) in [6, 6.07) is 10.2. The highest BCUT2D eigenvalue weighted by Gasteiger charge is 2.11. The molecule has 0 aliphatic rings. The van der Waals surface area contributed by atoms with Crippen LogP contribution in [0.15, 0.2) is 60.3 Å². The highest BCUT2D eigenvalue weighted by atomic mass is 32.2. The summed E-state index contributed by atoms with van der Waals surface area (Å²) >= 11 is 1.74. The third-order valence-electron chi connectivity index (χ3n) is 2.84. The maximum Gasteiger partial charge on any atom is 0.173 e. The van der Waals surface area contributed by atoms with Crippen LogP contribution in [0, 0.1) is 0 Å². The fourth-order valence-electron chi connectivity index (χ4n) is 1.85. The Bertz CT molecular complexity index is 648. The van der Waals surface area contributed by atoms with Crippen molar-refractivity contribution in [1.29, 1.82) is 0 Å². The fourth-order valence-corrected chi connectivity index (χ4v) is 2.83. The second-order valence-corrected chi connectivity index (χ2v) is 5.39. The first kappa shape index (κ1) is 11.3. The Kier molecular flexibility index (Phi) is 3.02. The van der Waals surface area contributed by atoms with Crippen LogP contribution in [0.1, 0.15) is 17.7 Å². The molecule has 1 atom stereocenters. The Morgan fingerprint density at radius 2 is 2.11 bits per heavy atom. The molecule has 18 heavy (non-hydrogen) atoms. The number of nitrogens with zero attached hydrogens (tertiary/aromatic N) is 3. The molecule has 3 nitrogen and oxygen atoms in total. The zero-order valence-corrected chi connectivity index (χ0v) is 10.8. The molecule has 3 aromatic rings. The summed E-state index contributed by atoms with van der Waals surface area (Å²) in [6.45, 7) is 2.17. The number of hydrogen-bond acceptors (Lipinski definition) is 3. The molecule has 0 fully saturated rings. The minimum absolute atomic E-state index is 0.338. The van der Waals surface area contributed by atoms with Gasteiger partial charge in [0.25, 0.3) is 0 Å². The summed E-state index contributed by atoms with van der Waals surface area (Å²) in [7, 11) is 0. The van der Waals surface area contributed by atoms with Gasteiger partial charge >= 0.3 is 0 Å². The van der Waals surface area contributed by atoms with Crippen LogP contribution in [0.3, 0.4) is 0 Å². The molecule has 3 heterocycles. The highest BCUT2D eigenvalue weighted by molar-refractivity contribution is 7.99. The highest BCUT2D eigenvalue weighted by Crippen LogP contribution is 2.33. The third kappa shape index (κ3) is 2.11. The SMILES string of the molecule is CC(Sc1ncc2ccccn12)c1cccnc1. The van der Waals surface area contributed by atoms with Crippen molar-refractivity contribution in [3.63, 3.8) is 0 Å². The summed E-state index contributed by atoms with van der Waals surface area (Å²) in [5.74, 6) is 0. The van der Waals surface area contributed by atoms with E-state index in [4.69, 9.17) is 0 Å². The molecule has 0 radical (unpaired) electrons. The lowest BCUT2D eigenvalue weighted by molar-refractivity contribution is 0.942. The topological polar surface area (TPSA) is 30.2 Å². The van der Waals surface area contributed by atoms with E-state index < -0.39 is 0 Å². The lowest BCUT2D eigenvalue weighted by Crippen LogP contribution is -1.92. The van der Waals surface area contributed by atoms with Gasteiger partial charge in [0, 0.05) is 23.8 Å². The number of rotatable bonds is 3. The fraction of sp³-hybridized carbons (Fsp3) is 0.143. The molecule has 0 bridgehead atoms. The minimum atomic E-state index is 0.338. The first-order valence-corrected chi connectivity index (χ1v) is 6.71. The van der Waals surface area contributed by atoms with Crippen LogP contribution < -0.4 is 0 Å². The molecule has 90 valence electrons. The van der Waals surface area contributed by atoms with E-state index in [1.54, 1.807) is 18.0 Å². The monoisotopic (exact) mass is 255 g/mol. The average Bonchev–Trinajstić information content (AvgIpc) is 2.83. The minimum Gasteiger partial charge on any atom is -0.295 e. The average molecular weight is 255 g/mol. The van der Waals surface area contributed by atoms with Crippen molar-refractivity contribution in [2.45, 2.75) is 17.3 Å². The largest absolute Gasteiger partial charge is 0.295 e. The molecule has 0 aliphatic heterocycles. The van der Waals surface area contributed by atoms with Gasteiger partial charge in [-0.2, -0.15) is 0 Å². The van der Waals surface area contributed by atoms with E-state index in [0.717, 1.165) is 10.7 Å². The molecule has 0 spiro atoms. The van der Waals surface area contributed by atoms with Crippen LogP contribution in [0.25, 0.3) is 5.52 Å². The Morgan fingerprint density at radius 1 is 1.17 bits per heavy atom. The van der Waals surface area contributed by atoms with Gasteiger partial charge in [-0.1, -0.05) is 23.9 Å². The molecule has 0 N–H and O–H groups in total. The normalized spacial score (nSPS) is 12.7. The second-order valence-electron chi connectivity index (χ2n) is 4.08. The number of fused-ring (bicyclic) bond motifs is 1. The number of hydrogen-bond donors (Lipinski definition) is 0. The molecule has 4 heteroatoms. The summed E-state index contributed by atoms with van der Waals surface area (Å²) in [6.07, 6.45) is 7.65. The lowest BCUT2D eigenvalue weighted by atomic mass is 10.2. The van der Waals surface area contributed by atoms with E-state index in [1.807, 2.05) is 36.8 Å². The van der Waals surface area contributed by atoms with E-state index in [2.05, 4.69) is 33.4 Å². The van der Waals surface area contributed by atoms with E-state index in [-0.39, 0.29) is 0 Å². The van der Waals surface area contributed by atoms with Gasteiger partial charge in [-0.3, -0.25) is 9.38 Å². The molecular formula is C14H13N3S. The summed E-state index contributed by atoms with van der Waals surface area (Å²) in [5.41, 5.74) is 2.34. The van der Waals surface area contributed by atoms with E-state index in [1.165, 1.54) is 5.56 Å². The standard InChI is InChI=1S/C14H13N3S/c1-11(12-5-4-7-15-9-12)18-14-16-10-13-6-2-3-8-17(13)14/h2-11H,1H3. The molecule has 0 aliphatic carbocycles. The molecule has 0 aromatic carbocycles. The molecular weight excluding hydrogens is 242 g/mol. The Hall–Kier alpha value is -1.81. The smallest absolute Gasteiger partial charge is 0.173 e. The Balaban J connectivity index is 1.89. The number of thioether (sulfide) groups is 1. The predicted octanol–water partition coefficient (Wildman–Crippen LogP) is 3.58. The van der Waals surface area contributed by atoms with Crippen molar-refractivity contribution >= 4 is 17.3 Å². The van der Waals surface area contributed by atoms with Crippen LogP contribution >= 0.6 is 11.8 Å². The maximum absolute atomic E-state index is 4.47. The van der Waals surface area contributed by atoms with Gasteiger partial charge in [0.2, 0.25) is 0 Å². The summed E-state index contributed by atoms with van der Waals surface area (Å²) in [5, 5.41) is 1.35. The van der Waals surface area contributed by atoms with E-state index in [9.17, 15) is 0 Å². The van der Waals surface area contributed by atoms with Crippen molar-refractivity contribution in [2.24, 2.45) is 0 Å². The molecule has 0 saturated heterocycles. The van der Waals surface area contributed by atoms with Crippen LogP contribution in [-0.2, 0) is 0 Å². The molecule has 0 saturated carbocycles. The van der Waals surface area contributed by atoms with Gasteiger partial charge in [0.05, 0.1) is 11.7 Å². The lowest BCUT2D eigenvalue weighted by Gasteiger charge is -2.09. The molecule has 0 amide bonds. The van der Waals surface area contributed by atoms with Crippen LogP contribution in [0.2, 0.25) is 0 Å². The Morgan fingerprint density at radius 3 is 2.94 bits per heavy atom. The summed E-state index contributed by atoms with van der Waals surface area (Å²) in [4.78, 5) is 8.62. The van der Waals surface area contributed by atoms with Crippen LogP contribution in [-0.4, -0.2) is 14.4 Å². The third-order valence-corrected chi connectivity index (χ3v) is 3.98. The van der Waals surface area contributed by atoms with Crippen molar-refractivity contribution in [2.75, 3.05) is 0 Å². The molecule has 3 aromatic heterocycles. The van der Waals surface area contributed by atoms with E-state index >= 15 is 0 Å². The van der Waals surface area contributed by atoms with Gasteiger partial charge in [-0.15, -0.1) is 0 Å². The van der Waals surface area contributed by atoms with Gasteiger partial charge in [0.1, 0.15) is 0 Å². The second kappa shape index (κ2) is 4.82. The Labute approximate surface area is 110 Å². The van der Waals surface area contributed by atoms with Gasteiger partial charge in [-0.25, -0.2) is 4.98 Å². The number of imidazole rings is 1. The van der Waals surface area contributed by atoms with Crippen molar-refractivity contribution < 1.29 is 0 Å². The van der Waals surface area contributed by atoms with Crippen molar-refractivity contribution in [1.82, 2.24) is 14.4 Å². The van der Waals surface area contributed by atoms with Crippen molar-refractivity contribution in [3.05, 3.63) is 60.7 Å². The van der Waals surface area contributed by atoms with E-state index in [0.29, 0.717) is 5.25 Å². The zero-order chi connectivity index (χ0) is 12.4. The quantitative estimate of drug-likeness (QED) is 0.670. The molecule has 1 unspecified atom stereocenters. The predicted molar refractivity (Wildman–Crippen MR) is 73.7 cm³/mol. The van der Waals surface area contributed by atoms with Crippen LogP contribution in [0.4, 0.5) is 0 Å². The first-order valence-electron chi connectivity index (χ1n) is 5.83. The van der Waals surface area contributed by atoms with Crippen molar-refractivity contribution in [3.8, 4) is 0 Å². The van der Waals surface area contributed by atoms with Gasteiger partial charge in [0.15, 0.2) is 5.16 Å². The van der Waals surface area contributed by atoms with Crippen LogP contribution in [0.5, 0.6) is 0 Å². The van der Waals surface area contributed by atoms with Gasteiger partial charge in [-0.05, 0) is 30.7 Å². The molecule has 3 rings (SSSR count). The number of pyridine rings is 2.